The minimum absolute atomic E-state index is 0.136. The Bertz CT molecular complexity index is 302. The number of carbonyl (C=O) groups is 2. The third kappa shape index (κ3) is 4.18. The minimum atomic E-state index is -1.20. The van der Waals surface area contributed by atoms with E-state index in [-0.39, 0.29) is 6.47 Å². The molecule has 0 N–H and O–H groups in total. The van der Waals surface area contributed by atoms with Gasteiger partial charge in [-0.05, 0) is 19.8 Å². The van der Waals surface area contributed by atoms with E-state index in [0.717, 1.165) is 0 Å². The van der Waals surface area contributed by atoms with Crippen LogP contribution in [-0.2, 0) is 19.1 Å². The van der Waals surface area contributed by atoms with Crippen LogP contribution < -0.4 is 0 Å². The summed E-state index contributed by atoms with van der Waals surface area (Å²) in [5.74, 6) is 6.24. The van der Waals surface area contributed by atoms with Crippen LogP contribution in [0.5, 0.6) is 0 Å². The molecular formula is C10H10O4. The minimum Gasteiger partial charge on any atom is -0.446 e. The highest BCUT2D eigenvalue weighted by Gasteiger charge is 2.20. The van der Waals surface area contributed by atoms with E-state index >= 15 is 0 Å². The van der Waals surface area contributed by atoms with Crippen molar-refractivity contribution >= 4 is 12.4 Å². The second-order valence-corrected chi connectivity index (χ2v) is 2.25. The Balaban J connectivity index is 4.35. The third-order valence-electron chi connectivity index (χ3n) is 1.21. The molecule has 0 aliphatic heterocycles. The van der Waals surface area contributed by atoms with Crippen LogP contribution in [0.4, 0.5) is 0 Å². The summed E-state index contributed by atoms with van der Waals surface area (Å²) in [6, 6.07) is 0. The molecular weight excluding hydrogens is 184 g/mol. The summed E-state index contributed by atoms with van der Waals surface area (Å²) in [6.45, 7) is 3.17. The lowest BCUT2D eigenvalue weighted by molar-refractivity contribution is -0.159. The van der Waals surface area contributed by atoms with E-state index in [2.05, 4.69) is 22.5 Å². The number of esters is 1. The summed E-state index contributed by atoms with van der Waals surface area (Å²) in [4.78, 5) is 21.2. The van der Waals surface area contributed by atoms with Crippen LogP contribution in [0.15, 0.2) is 0 Å². The predicted molar refractivity (Wildman–Crippen MR) is 48.8 cm³/mol. The number of hydrogen-bond acceptors (Lipinski definition) is 4. The van der Waals surface area contributed by atoms with E-state index in [1.165, 1.54) is 13.8 Å². The molecule has 0 aliphatic carbocycles. The van der Waals surface area contributed by atoms with Gasteiger partial charge in [-0.3, -0.25) is 4.79 Å². The zero-order valence-corrected chi connectivity index (χ0v) is 7.94. The number of rotatable bonds is 4. The Morgan fingerprint density at radius 2 is 2.21 bits per heavy atom. The summed E-state index contributed by atoms with van der Waals surface area (Å²) >= 11 is 0. The lowest BCUT2D eigenvalue weighted by atomic mass is 10.3. The van der Waals surface area contributed by atoms with Crippen LogP contribution in [0.25, 0.3) is 0 Å². The zero-order valence-electron chi connectivity index (χ0n) is 7.94. The largest absolute Gasteiger partial charge is 0.446 e. The molecule has 0 aliphatic rings. The SMILES string of the molecule is C#CC(C)OC(=O)C(C#CC)OC=O. The molecule has 14 heavy (non-hydrogen) atoms. The maximum absolute atomic E-state index is 11.2. The molecule has 0 aromatic heterocycles. The van der Waals surface area contributed by atoms with Crippen LogP contribution in [0.1, 0.15) is 13.8 Å². The van der Waals surface area contributed by atoms with Gasteiger partial charge in [0.25, 0.3) is 12.6 Å². The molecule has 74 valence electrons. The van der Waals surface area contributed by atoms with Crippen LogP contribution in [0, 0.1) is 24.2 Å². The second kappa shape index (κ2) is 6.56. The molecule has 0 saturated carbocycles. The van der Waals surface area contributed by atoms with Crippen molar-refractivity contribution in [3.8, 4) is 24.2 Å². The maximum atomic E-state index is 11.2. The van der Waals surface area contributed by atoms with Gasteiger partial charge in [0.05, 0.1) is 0 Å². The molecule has 0 spiro atoms. The van der Waals surface area contributed by atoms with E-state index in [9.17, 15) is 9.59 Å². The average molecular weight is 194 g/mol. The fourth-order valence-corrected chi connectivity index (χ4v) is 0.605. The predicted octanol–water partition coefficient (Wildman–Crippen LogP) is 0.116. The van der Waals surface area contributed by atoms with Gasteiger partial charge < -0.3 is 9.47 Å². The molecule has 0 saturated heterocycles. The summed E-state index contributed by atoms with van der Waals surface area (Å²) in [7, 11) is 0. The van der Waals surface area contributed by atoms with E-state index in [1.54, 1.807) is 0 Å². The first-order chi connectivity index (χ1) is 6.65. The van der Waals surface area contributed by atoms with Crippen LogP contribution in [0.2, 0.25) is 0 Å². The van der Waals surface area contributed by atoms with Crippen LogP contribution in [-0.4, -0.2) is 24.6 Å². The third-order valence-corrected chi connectivity index (χ3v) is 1.21. The number of carbonyl (C=O) groups excluding carboxylic acids is 2. The van der Waals surface area contributed by atoms with Crippen molar-refractivity contribution in [2.24, 2.45) is 0 Å². The zero-order chi connectivity index (χ0) is 11.0. The number of hydrogen-bond donors (Lipinski definition) is 0. The molecule has 2 unspecified atom stereocenters. The molecule has 0 aromatic rings. The molecule has 2 atom stereocenters. The summed E-state index contributed by atoms with van der Waals surface area (Å²) in [6.07, 6.45) is 3.13. The van der Waals surface area contributed by atoms with Gasteiger partial charge in [0, 0.05) is 0 Å². The highest BCUT2D eigenvalue weighted by Crippen LogP contribution is 1.97. The topological polar surface area (TPSA) is 52.6 Å². The van der Waals surface area contributed by atoms with Gasteiger partial charge in [-0.15, -0.1) is 12.3 Å². The molecule has 0 rings (SSSR count). The van der Waals surface area contributed by atoms with Crippen molar-refractivity contribution in [1.29, 1.82) is 0 Å². The van der Waals surface area contributed by atoms with Gasteiger partial charge in [0.15, 0.2) is 6.10 Å². The Morgan fingerprint density at radius 3 is 2.64 bits per heavy atom. The molecule has 0 radical (unpaired) electrons. The normalized spacial score (nSPS) is 12.4. The molecule has 0 bridgehead atoms. The first-order valence-electron chi connectivity index (χ1n) is 3.83. The molecule has 4 heteroatoms. The smallest absolute Gasteiger partial charge is 0.361 e. The van der Waals surface area contributed by atoms with Gasteiger partial charge in [0.2, 0.25) is 0 Å². The fraction of sp³-hybridized carbons (Fsp3) is 0.400. The van der Waals surface area contributed by atoms with Crippen molar-refractivity contribution in [3.05, 3.63) is 0 Å². The standard InChI is InChI=1S/C10H10O4/c1-4-6-9(13-7-11)10(12)14-8(3)5-2/h2,7-9H,1,3H3. The summed E-state index contributed by atoms with van der Waals surface area (Å²) < 4.78 is 9.10. The van der Waals surface area contributed by atoms with Crippen LogP contribution in [0.3, 0.4) is 0 Å². The van der Waals surface area contributed by atoms with Crippen molar-refractivity contribution < 1.29 is 19.1 Å². The molecule has 0 heterocycles. The van der Waals surface area contributed by atoms with Gasteiger partial charge in [-0.25, -0.2) is 4.79 Å². The summed E-state index contributed by atoms with van der Waals surface area (Å²) in [5, 5.41) is 0. The molecule has 0 fully saturated rings. The lowest BCUT2D eigenvalue weighted by Gasteiger charge is -2.10. The van der Waals surface area contributed by atoms with Gasteiger partial charge >= 0.3 is 5.97 Å². The van der Waals surface area contributed by atoms with E-state index in [1.807, 2.05) is 0 Å². The summed E-state index contributed by atoms with van der Waals surface area (Å²) in [5.41, 5.74) is 0. The Hall–Kier alpha value is -1.94. The van der Waals surface area contributed by atoms with E-state index in [0.29, 0.717) is 0 Å². The highest BCUT2D eigenvalue weighted by atomic mass is 16.6. The van der Waals surface area contributed by atoms with Crippen molar-refractivity contribution in [2.75, 3.05) is 0 Å². The monoisotopic (exact) mass is 194 g/mol. The van der Waals surface area contributed by atoms with E-state index < -0.39 is 18.2 Å². The quantitative estimate of drug-likeness (QED) is 0.362. The van der Waals surface area contributed by atoms with Crippen molar-refractivity contribution in [2.45, 2.75) is 26.1 Å². The molecule has 4 nitrogen and oxygen atoms in total. The fourth-order valence-electron chi connectivity index (χ4n) is 0.605. The first kappa shape index (κ1) is 12.1. The van der Waals surface area contributed by atoms with Gasteiger partial charge in [0.1, 0.15) is 0 Å². The average Bonchev–Trinajstić information content (AvgIpc) is 2.17. The lowest BCUT2D eigenvalue weighted by Crippen LogP contribution is -2.27. The molecule has 0 aromatic carbocycles. The van der Waals surface area contributed by atoms with Gasteiger partial charge in [-0.1, -0.05) is 5.92 Å². The highest BCUT2D eigenvalue weighted by molar-refractivity contribution is 5.79. The van der Waals surface area contributed by atoms with Crippen molar-refractivity contribution in [3.63, 3.8) is 0 Å². The Morgan fingerprint density at radius 1 is 1.57 bits per heavy atom. The van der Waals surface area contributed by atoms with Gasteiger partial charge in [-0.2, -0.15) is 0 Å². The number of terminal acetylenes is 1. The first-order valence-corrected chi connectivity index (χ1v) is 3.83. The van der Waals surface area contributed by atoms with E-state index in [4.69, 9.17) is 11.2 Å². The van der Waals surface area contributed by atoms with Crippen molar-refractivity contribution in [1.82, 2.24) is 0 Å². The Kier molecular flexibility index (Phi) is 5.65. The Labute approximate surface area is 82.6 Å². The van der Waals surface area contributed by atoms with Crippen LogP contribution >= 0.6 is 0 Å². The molecule has 0 amide bonds. The second-order valence-electron chi connectivity index (χ2n) is 2.25. The number of ether oxygens (including phenoxy) is 2. The maximum Gasteiger partial charge on any atom is 0.361 e.